The van der Waals surface area contributed by atoms with Crippen LogP contribution < -0.4 is 9.64 Å². The van der Waals surface area contributed by atoms with Crippen LogP contribution in [0, 0.1) is 6.92 Å². The number of rotatable bonds is 5. The van der Waals surface area contributed by atoms with E-state index >= 15 is 0 Å². The molecule has 0 saturated heterocycles. The normalized spacial score (nSPS) is 15.5. The molecule has 0 radical (unpaired) electrons. The Kier molecular flexibility index (Phi) is 4.05. The van der Waals surface area contributed by atoms with E-state index in [1.807, 2.05) is 13.0 Å². The molecule has 1 aliphatic carbocycles. The summed E-state index contributed by atoms with van der Waals surface area (Å²) in [6.45, 7) is 2.71. The molecular weight excluding hydrogens is 238 g/mol. The van der Waals surface area contributed by atoms with Gasteiger partial charge in [-0.05, 0) is 26.2 Å². The van der Waals surface area contributed by atoms with Crippen LogP contribution in [0.2, 0.25) is 0 Å². The van der Waals surface area contributed by atoms with Gasteiger partial charge in [0, 0.05) is 24.5 Å². The third-order valence-electron chi connectivity index (χ3n) is 3.15. The number of nitrogens with zero attached hydrogens (tertiary/aromatic N) is 3. The van der Waals surface area contributed by atoms with Crippen molar-refractivity contribution in [3.05, 3.63) is 11.9 Å². The fourth-order valence-electron chi connectivity index (χ4n) is 2.05. The first-order chi connectivity index (χ1) is 8.24. The zero-order valence-corrected chi connectivity index (χ0v) is 11.1. The summed E-state index contributed by atoms with van der Waals surface area (Å²) in [6, 6.07) is 2.46. The number of hydrogen-bond donors (Lipinski definition) is 0. The van der Waals surface area contributed by atoms with E-state index in [1.165, 1.54) is 19.3 Å². The van der Waals surface area contributed by atoms with Crippen molar-refractivity contribution in [1.82, 2.24) is 9.97 Å². The molecule has 1 heterocycles. The summed E-state index contributed by atoms with van der Waals surface area (Å²) < 4.78 is 5.18. The highest BCUT2D eigenvalue weighted by Crippen LogP contribution is 2.29. The minimum Gasteiger partial charge on any atom is -0.481 e. The van der Waals surface area contributed by atoms with Crippen LogP contribution in [0.3, 0.4) is 0 Å². The molecule has 0 unspecified atom stereocenters. The molecule has 0 atom stereocenters. The second kappa shape index (κ2) is 5.54. The van der Waals surface area contributed by atoms with E-state index in [0.29, 0.717) is 17.8 Å². The third-order valence-corrected chi connectivity index (χ3v) is 3.31. The molecule has 1 saturated carbocycles. The Labute approximate surface area is 107 Å². The minimum atomic E-state index is 0.577. The lowest BCUT2D eigenvalue weighted by Crippen LogP contribution is -2.42. The number of aryl methyl sites for hydroxylation is 1. The number of anilines is 1. The van der Waals surface area contributed by atoms with Crippen LogP contribution in [-0.2, 0) is 0 Å². The Balaban J connectivity index is 2.24. The molecule has 0 aromatic carbocycles. The summed E-state index contributed by atoms with van der Waals surface area (Å²) in [4.78, 5) is 11.0. The molecule has 2 rings (SSSR count). The van der Waals surface area contributed by atoms with E-state index in [2.05, 4.69) is 14.9 Å². The van der Waals surface area contributed by atoms with Crippen molar-refractivity contribution >= 4 is 17.4 Å². The predicted octanol–water partition coefficient (Wildman–Crippen LogP) is 2.39. The van der Waals surface area contributed by atoms with Gasteiger partial charge in [0.2, 0.25) is 5.88 Å². The molecule has 1 aromatic heterocycles. The van der Waals surface area contributed by atoms with Crippen LogP contribution in [0.15, 0.2) is 6.07 Å². The maximum atomic E-state index is 5.87. The average Bonchev–Trinajstić information content (AvgIpc) is 2.25. The Morgan fingerprint density at radius 2 is 2.24 bits per heavy atom. The molecule has 0 spiro atoms. The minimum absolute atomic E-state index is 0.577. The molecule has 4 nitrogen and oxygen atoms in total. The summed E-state index contributed by atoms with van der Waals surface area (Å²) in [6.07, 6.45) is 3.75. The Morgan fingerprint density at radius 3 is 2.76 bits per heavy atom. The van der Waals surface area contributed by atoms with E-state index in [9.17, 15) is 0 Å². The molecular formula is C12H18ClN3O. The van der Waals surface area contributed by atoms with Crippen molar-refractivity contribution < 1.29 is 4.74 Å². The van der Waals surface area contributed by atoms with Gasteiger partial charge < -0.3 is 9.64 Å². The van der Waals surface area contributed by atoms with Crippen molar-refractivity contribution in [2.75, 3.05) is 24.4 Å². The van der Waals surface area contributed by atoms with Gasteiger partial charge >= 0.3 is 0 Å². The van der Waals surface area contributed by atoms with Crippen molar-refractivity contribution in [2.24, 2.45) is 0 Å². The third kappa shape index (κ3) is 2.80. The van der Waals surface area contributed by atoms with Gasteiger partial charge in [0.05, 0.1) is 7.11 Å². The number of hydrogen-bond acceptors (Lipinski definition) is 4. The molecule has 0 bridgehead atoms. The van der Waals surface area contributed by atoms with Gasteiger partial charge in [-0.1, -0.05) is 0 Å². The number of methoxy groups -OCH3 is 1. The number of halogens is 1. The SMILES string of the molecule is COc1cc(N(CCCl)C2CCC2)nc(C)n1. The van der Waals surface area contributed by atoms with Gasteiger partial charge in [-0.3, -0.25) is 0 Å². The lowest BCUT2D eigenvalue weighted by Gasteiger charge is -2.38. The quantitative estimate of drug-likeness (QED) is 0.758. The maximum absolute atomic E-state index is 5.87. The van der Waals surface area contributed by atoms with Gasteiger partial charge in [-0.25, -0.2) is 4.98 Å². The summed E-state index contributed by atoms with van der Waals surface area (Å²) in [7, 11) is 1.63. The van der Waals surface area contributed by atoms with Crippen LogP contribution in [0.1, 0.15) is 25.1 Å². The maximum Gasteiger partial charge on any atom is 0.218 e. The lowest BCUT2D eigenvalue weighted by atomic mass is 9.91. The second-order valence-corrected chi connectivity index (χ2v) is 4.66. The molecule has 0 amide bonds. The van der Waals surface area contributed by atoms with Gasteiger partial charge in [0.15, 0.2) is 0 Å². The number of ether oxygens (including phenoxy) is 1. The molecule has 5 heteroatoms. The molecule has 1 aliphatic rings. The highest BCUT2D eigenvalue weighted by atomic mass is 35.5. The summed E-state index contributed by atoms with van der Waals surface area (Å²) >= 11 is 5.87. The summed E-state index contributed by atoms with van der Waals surface area (Å²) in [5, 5.41) is 0. The first-order valence-corrected chi connectivity index (χ1v) is 6.50. The van der Waals surface area contributed by atoms with Crippen LogP contribution >= 0.6 is 11.6 Å². The van der Waals surface area contributed by atoms with Crippen molar-refractivity contribution in [1.29, 1.82) is 0 Å². The average molecular weight is 256 g/mol. The number of alkyl halides is 1. The van der Waals surface area contributed by atoms with E-state index in [0.717, 1.165) is 18.2 Å². The van der Waals surface area contributed by atoms with Gasteiger partial charge in [-0.15, -0.1) is 11.6 Å². The summed E-state index contributed by atoms with van der Waals surface area (Å²) in [5.74, 6) is 2.89. The van der Waals surface area contributed by atoms with E-state index in [1.54, 1.807) is 7.11 Å². The van der Waals surface area contributed by atoms with Crippen molar-refractivity contribution in [2.45, 2.75) is 32.2 Å². The standard InChI is InChI=1S/C12H18ClN3O/c1-9-14-11(8-12(15-9)17-2)16(7-6-13)10-4-3-5-10/h8,10H,3-7H2,1-2H3. The molecule has 17 heavy (non-hydrogen) atoms. The highest BCUT2D eigenvalue weighted by molar-refractivity contribution is 6.18. The van der Waals surface area contributed by atoms with E-state index < -0.39 is 0 Å². The zero-order valence-electron chi connectivity index (χ0n) is 10.3. The van der Waals surface area contributed by atoms with Crippen LogP contribution in [-0.4, -0.2) is 35.5 Å². The first-order valence-electron chi connectivity index (χ1n) is 5.97. The van der Waals surface area contributed by atoms with Crippen molar-refractivity contribution in [3.63, 3.8) is 0 Å². The smallest absolute Gasteiger partial charge is 0.218 e. The highest BCUT2D eigenvalue weighted by Gasteiger charge is 2.26. The number of aromatic nitrogens is 2. The van der Waals surface area contributed by atoms with Gasteiger partial charge in [0.25, 0.3) is 0 Å². The molecule has 94 valence electrons. The van der Waals surface area contributed by atoms with E-state index in [4.69, 9.17) is 16.3 Å². The van der Waals surface area contributed by atoms with Crippen molar-refractivity contribution in [3.8, 4) is 5.88 Å². The molecule has 1 fully saturated rings. The molecule has 0 aliphatic heterocycles. The largest absolute Gasteiger partial charge is 0.481 e. The Morgan fingerprint density at radius 1 is 1.47 bits per heavy atom. The fourth-order valence-corrected chi connectivity index (χ4v) is 2.23. The molecule has 0 N–H and O–H groups in total. The topological polar surface area (TPSA) is 38.2 Å². The zero-order chi connectivity index (χ0) is 12.3. The van der Waals surface area contributed by atoms with Crippen LogP contribution in [0.5, 0.6) is 5.88 Å². The van der Waals surface area contributed by atoms with Crippen LogP contribution in [0.25, 0.3) is 0 Å². The Hall–Kier alpha value is -1.03. The summed E-state index contributed by atoms with van der Waals surface area (Å²) in [5.41, 5.74) is 0. The second-order valence-electron chi connectivity index (χ2n) is 4.28. The van der Waals surface area contributed by atoms with Crippen LogP contribution in [0.4, 0.5) is 5.82 Å². The van der Waals surface area contributed by atoms with E-state index in [-0.39, 0.29) is 0 Å². The van der Waals surface area contributed by atoms with Gasteiger partial charge in [0.1, 0.15) is 11.6 Å². The first kappa shape index (κ1) is 12.4. The molecule has 1 aromatic rings. The Bertz CT molecular complexity index is 382. The fraction of sp³-hybridized carbons (Fsp3) is 0.667. The van der Waals surface area contributed by atoms with Gasteiger partial charge in [-0.2, -0.15) is 4.98 Å². The monoisotopic (exact) mass is 255 g/mol. The lowest BCUT2D eigenvalue weighted by molar-refractivity contribution is 0.382. The predicted molar refractivity (Wildman–Crippen MR) is 69.0 cm³/mol.